The molecule has 1 aliphatic heterocycles. The molecular weight excluding hydrogens is 396 g/mol. The summed E-state index contributed by atoms with van der Waals surface area (Å²) in [6.07, 6.45) is 1.72. The molecule has 3 rings (SSSR count). The lowest BCUT2D eigenvalue weighted by Crippen LogP contribution is -2.51. The third kappa shape index (κ3) is 4.70. The number of sulfonamides is 1. The maximum Gasteiger partial charge on any atom is 0.244 e. The second-order valence-corrected chi connectivity index (χ2v) is 9.10. The Balaban J connectivity index is 1.54. The summed E-state index contributed by atoms with van der Waals surface area (Å²) in [6, 6.07) is 13.8. The quantitative estimate of drug-likeness (QED) is 0.712. The Hall–Kier alpha value is -2.41. The molecule has 1 aliphatic rings. The Kier molecular flexibility index (Phi) is 6.67. The van der Waals surface area contributed by atoms with Crippen LogP contribution in [0.1, 0.15) is 11.3 Å². The molecule has 0 spiro atoms. The number of nitrogens with zero attached hydrogens (tertiary/aromatic N) is 4. The molecule has 0 N–H and O–H groups in total. The lowest BCUT2D eigenvalue weighted by Gasteiger charge is -2.34. The maximum atomic E-state index is 12.8. The van der Waals surface area contributed by atoms with Gasteiger partial charge in [-0.25, -0.2) is 8.42 Å². The van der Waals surface area contributed by atoms with Gasteiger partial charge in [-0.2, -0.15) is 9.57 Å². The highest BCUT2D eigenvalue weighted by molar-refractivity contribution is 7.99. The summed E-state index contributed by atoms with van der Waals surface area (Å²) < 4.78 is 27.0. The molecule has 0 unspecified atom stereocenters. The molecule has 1 amide bonds. The normalized spacial score (nSPS) is 15.2. The van der Waals surface area contributed by atoms with Crippen molar-refractivity contribution in [3.63, 3.8) is 0 Å². The molecular formula is C19H20N4O3S2. The summed E-state index contributed by atoms with van der Waals surface area (Å²) in [7, 11) is -3.75. The summed E-state index contributed by atoms with van der Waals surface area (Å²) in [6.45, 7) is 1.13. The van der Waals surface area contributed by atoms with Crippen LogP contribution < -0.4 is 0 Å². The molecule has 0 atom stereocenters. The van der Waals surface area contributed by atoms with Crippen LogP contribution >= 0.6 is 11.8 Å². The van der Waals surface area contributed by atoms with Crippen LogP contribution in [0.25, 0.3) is 0 Å². The zero-order valence-electron chi connectivity index (χ0n) is 15.2. The summed E-state index contributed by atoms with van der Waals surface area (Å²) in [5.41, 5.74) is 1.05. The van der Waals surface area contributed by atoms with E-state index in [0.717, 1.165) is 5.69 Å². The third-order valence-corrected chi connectivity index (χ3v) is 7.33. The van der Waals surface area contributed by atoms with Gasteiger partial charge in [0.15, 0.2) is 0 Å². The van der Waals surface area contributed by atoms with Crippen LogP contribution in [0.4, 0.5) is 0 Å². The predicted octanol–water partition coefficient (Wildman–Crippen LogP) is 1.72. The van der Waals surface area contributed by atoms with Crippen molar-refractivity contribution in [3.8, 4) is 6.07 Å². The lowest BCUT2D eigenvalue weighted by molar-refractivity contribution is -0.129. The highest BCUT2D eigenvalue weighted by Gasteiger charge is 2.31. The molecule has 0 aliphatic carbocycles. The topological polar surface area (TPSA) is 94.4 Å². The Labute approximate surface area is 169 Å². The number of pyridine rings is 1. The third-order valence-electron chi connectivity index (χ3n) is 4.42. The van der Waals surface area contributed by atoms with Crippen molar-refractivity contribution in [2.75, 3.05) is 31.9 Å². The molecule has 1 aromatic carbocycles. The molecule has 1 fully saturated rings. The number of amides is 1. The van der Waals surface area contributed by atoms with E-state index in [1.807, 2.05) is 24.3 Å². The van der Waals surface area contributed by atoms with Crippen molar-refractivity contribution in [2.45, 2.75) is 10.6 Å². The average molecular weight is 417 g/mol. The molecule has 9 heteroatoms. The van der Waals surface area contributed by atoms with Gasteiger partial charge in [-0.3, -0.25) is 9.78 Å². The van der Waals surface area contributed by atoms with E-state index in [0.29, 0.717) is 24.6 Å². The van der Waals surface area contributed by atoms with Crippen LogP contribution in [0.2, 0.25) is 0 Å². The zero-order chi connectivity index (χ0) is 20.0. The van der Waals surface area contributed by atoms with Gasteiger partial charge in [-0.05, 0) is 24.3 Å². The van der Waals surface area contributed by atoms with Gasteiger partial charge in [0.05, 0.1) is 21.9 Å². The minimum Gasteiger partial charge on any atom is -0.339 e. The zero-order valence-corrected chi connectivity index (χ0v) is 16.8. The Morgan fingerprint density at radius 3 is 2.50 bits per heavy atom. The number of thioether (sulfide) groups is 1. The van der Waals surface area contributed by atoms with Crippen LogP contribution in [-0.4, -0.2) is 60.4 Å². The summed E-state index contributed by atoms with van der Waals surface area (Å²) in [5, 5.41) is 9.17. The lowest BCUT2D eigenvalue weighted by atomic mass is 10.2. The largest absolute Gasteiger partial charge is 0.339 e. The first-order chi connectivity index (χ1) is 13.5. The van der Waals surface area contributed by atoms with Gasteiger partial charge < -0.3 is 4.90 Å². The Bertz CT molecular complexity index is 966. The first kappa shape index (κ1) is 20.3. The number of aromatic nitrogens is 1. The Morgan fingerprint density at radius 1 is 1.11 bits per heavy atom. The number of hydrogen-bond acceptors (Lipinski definition) is 6. The molecule has 1 aromatic heterocycles. The molecule has 0 bridgehead atoms. The van der Waals surface area contributed by atoms with Gasteiger partial charge >= 0.3 is 0 Å². The number of rotatable bonds is 6. The maximum absolute atomic E-state index is 12.8. The second-order valence-electron chi connectivity index (χ2n) is 6.21. The fraction of sp³-hybridized carbons (Fsp3) is 0.316. The molecule has 7 nitrogen and oxygen atoms in total. The van der Waals surface area contributed by atoms with E-state index in [-0.39, 0.29) is 29.5 Å². The number of piperazine rings is 1. The molecule has 0 radical (unpaired) electrons. The molecule has 1 saturated heterocycles. The van der Waals surface area contributed by atoms with E-state index in [1.54, 1.807) is 23.2 Å². The molecule has 28 heavy (non-hydrogen) atoms. The van der Waals surface area contributed by atoms with Crippen molar-refractivity contribution in [1.82, 2.24) is 14.2 Å². The van der Waals surface area contributed by atoms with Gasteiger partial charge in [0.1, 0.15) is 6.07 Å². The minimum absolute atomic E-state index is 0.00426. The van der Waals surface area contributed by atoms with E-state index in [1.165, 1.54) is 28.2 Å². The van der Waals surface area contributed by atoms with E-state index < -0.39 is 10.0 Å². The van der Waals surface area contributed by atoms with Crippen LogP contribution in [0.5, 0.6) is 0 Å². The number of nitriles is 1. The first-order valence-corrected chi connectivity index (χ1v) is 11.4. The summed E-state index contributed by atoms with van der Waals surface area (Å²) >= 11 is 1.49. The number of carbonyl (C=O) groups is 1. The van der Waals surface area contributed by atoms with E-state index in [2.05, 4.69) is 4.98 Å². The van der Waals surface area contributed by atoms with Gasteiger partial charge in [-0.1, -0.05) is 18.2 Å². The molecule has 2 heterocycles. The number of hydrogen-bond donors (Lipinski definition) is 0. The van der Waals surface area contributed by atoms with Crippen LogP contribution in [0.3, 0.4) is 0 Å². The fourth-order valence-corrected chi connectivity index (χ4v) is 5.32. The van der Waals surface area contributed by atoms with Gasteiger partial charge in [0.25, 0.3) is 0 Å². The van der Waals surface area contributed by atoms with Crippen LogP contribution in [0.15, 0.2) is 53.6 Å². The smallest absolute Gasteiger partial charge is 0.244 e. The van der Waals surface area contributed by atoms with E-state index in [9.17, 15) is 13.2 Å². The van der Waals surface area contributed by atoms with Crippen molar-refractivity contribution >= 4 is 27.7 Å². The molecule has 2 aromatic rings. The minimum atomic E-state index is -3.75. The number of carbonyl (C=O) groups excluding carboxylic acids is 1. The highest BCUT2D eigenvalue weighted by Crippen LogP contribution is 2.21. The van der Waals surface area contributed by atoms with Crippen LogP contribution in [0, 0.1) is 11.3 Å². The van der Waals surface area contributed by atoms with Crippen molar-refractivity contribution < 1.29 is 13.2 Å². The van der Waals surface area contributed by atoms with E-state index >= 15 is 0 Å². The molecule has 0 saturated carbocycles. The van der Waals surface area contributed by atoms with Crippen molar-refractivity contribution in [3.05, 3.63) is 59.9 Å². The van der Waals surface area contributed by atoms with Gasteiger partial charge in [-0.15, -0.1) is 11.8 Å². The van der Waals surface area contributed by atoms with Gasteiger partial charge in [0.2, 0.25) is 15.9 Å². The second kappa shape index (κ2) is 9.19. The number of benzene rings is 1. The summed E-state index contributed by atoms with van der Waals surface area (Å²) in [4.78, 5) is 18.3. The van der Waals surface area contributed by atoms with Crippen LogP contribution in [-0.2, 0) is 20.6 Å². The van der Waals surface area contributed by atoms with Gasteiger partial charge in [0, 0.05) is 38.1 Å². The first-order valence-electron chi connectivity index (χ1n) is 8.77. The molecule has 146 valence electrons. The van der Waals surface area contributed by atoms with Crippen molar-refractivity contribution in [1.29, 1.82) is 5.26 Å². The summed E-state index contributed by atoms with van der Waals surface area (Å²) in [5.74, 6) is 0.988. The van der Waals surface area contributed by atoms with E-state index in [4.69, 9.17) is 5.26 Å². The van der Waals surface area contributed by atoms with Crippen molar-refractivity contribution in [2.24, 2.45) is 0 Å². The predicted molar refractivity (Wildman–Crippen MR) is 107 cm³/mol. The Morgan fingerprint density at radius 2 is 1.82 bits per heavy atom. The SMILES string of the molecule is N#Cc1ccccc1S(=O)(=O)N1CCN(C(=O)CSCc2ccccn2)CC1. The fourth-order valence-electron chi connectivity index (χ4n) is 2.92. The standard InChI is InChI=1S/C19H20N4O3S2/c20-13-16-5-1-2-7-18(16)28(25,26)23-11-9-22(10-12-23)19(24)15-27-14-17-6-3-4-8-21-17/h1-8H,9-12,14-15H2. The monoisotopic (exact) mass is 416 g/mol. The highest BCUT2D eigenvalue weighted by atomic mass is 32.2. The average Bonchev–Trinajstić information content (AvgIpc) is 2.74.